The number of nitrogens with zero attached hydrogens (tertiary/aromatic N) is 3. The summed E-state index contributed by atoms with van der Waals surface area (Å²) in [5.74, 6) is -0.0972. The number of anilines is 2. The van der Waals surface area contributed by atoms with E-state index in [1.54, 1.807) is 29.2 Å². The minimum absolute atomic E-state index is 0.0483. The second kappa shape index (κ2) is 9.26. The number of carbonyl (C=O) groups excluding carboxylic acids is 2. The summed E-state index contributed by atoms with van der Waals surface area (Å²) in [5.41, 5.74) is 1.65. The van der Waals surface area contributed by atoms with E-state index in [-0.39, 0.29) is 27.1 Å². The van der Waals surface area contributed by atoms with E-state index in [4.69, 9.17) is 9.26 Å². The summed E-state index contributed by atoms with van der Waals surface area (Å²) in [6, 6.07) is 6.29. The number of hydrogen-bond donors (Lipinski definition) is 1. The first kappa shape index (κ1) is 21.0. The Morgan fingerprint density at radius 2 is 2.23 bits per heavy atom. The smallest absolute Gasteiger partial charge is 0.414 e. The van der Waals surface area contributed by atoms with Crippen molar-refractivity contribution in [2.45, 2.75) is 12.5 Å². The van der Waals surface area contributed by atoms with Crippen molar-refractivity contribution in [1.82, 2.24) is 10.1 Å². The van der Waals surface area contributed by atoms with Gasteiger partial charge in [0.15, 0.2) is 14.3 Å². The fourth-order valence-electron chi connectivity index (χ4n) is 3.59. The van der Waals surface area contributed by atoms with Gasteiger partial charge in [0.05, 0.1) is 18.8 Å². The van der Waals surface area contributed by atoms with Crippen LogP contribution in [0.4, 0.5) is 20.7 Å². The molecule has 1 atom stereocenters. The second-order valence-corrected chi connectivity index (χ2v) is 7.73. The normalized spacial score (nSPS) is 18.8. The van der Waals surface area contributed by atoms with E-state index in [1.165, 1.54) is 17.2 Å². The van der Waals surface area contributed by atoms with Crippen LogP contribution in [-0.2, 0) is 14.1 Å². The van der Waals surface area contributed by atoms with Gasteiger partial charge in [0.1, 0.15) is 24.3 Å². The van der Waals surface area contributed by atoms with E-state index in [9.17, 15) is 18.5 Å². The lowest BCUT2D eigenvalue weighted by molar-refractivity contribution is -0.128. The van der Waals surface area contributed by atoms with Crippen molar-refractivity contribution in [1.29, 1.82) is 0 Å². The van der Waals surface area contributed by atoms with Gasteiger partial charge >= 0.3 is 6.09 Å². The van der Waals surface area contributed by atoms with Crippen LogP contribution in [0.2, 0.25) is 0 Å². The van der Waals surface area contributed by atoms with Crippen LogP contribution in [0.1, 0.15) is 12.0 Å². The lowest BCUT2D eigenvalue weighted by Crippen LogP contribution is -2.35. The van der Waals surface area contributed by atoms with Gasteiger partial charge in [0, 0.05) is 24.7 Å². The topological polar surface area (TPSA) is 105 Å². The van der Waals surface area contributed by atoms with Crippen LogP contribution in [0, 0.1) is 5.82 Å². The highest BCUT2D eigenvalue weighted by atomic mass is 31.1. The standard InChI is InChI=1S/C20H20FN4O5P/c21-17-9-14(25-11-15(30-20(25)27)10-22-18-5-8-29-23-18)1-2-16(17)13-3-6-24(7-4-13)19(26)12-31-28/h1-3,5,8-9,15H,4,6-7,10-12H2,(H,22,23)/t15-/m0/s1. The molecule has 2 aliphatic heterocycles. The Hall–Kier alpha value is -3.26. The van der Waals surface area contributed by atoms with Crippen LogP contribution in [0.3, 0.4) is 0 Å². The number of halogens is 1. The van der Waals surface area contributed by atoms with Crippen LogP contribution < -0.4 is 10.2 Å². The van der Waals surface area contributed by atoms with Gasteiger partial charge in [-0.15, -0.1) is 0 Å². The molecule has 162 valence electrons. The number of carbonyl (C=O) groups is 2. The van der Waals surface area contributed by atoms with Crippen LogP contribution in [0.25, 0.3) is 5.57 Å². The molecule has 1 N–H and O–H groups in total. The van der Waals surface area contributed by atoms with Crippen molar-refractivity contribution in [3.05, 3.63) is 48.0 Å². The Morgan fingerprint density at radius 3 is 2.90 bits per heavy atom. The van der Waals surface area contributed by atoms with Gasteiger partial charge < -0.3 is 19.5 Å². The van der Waals surface area contributed by atoms with E-state index < -0.39 is 18.0 Å². The average Bonchev–Trinajstić information content (AvgIpc) is 3.42. The van der Waals surface area contributed by atoms with E-state index in [0.717, 1.165) is 5.57 Å². The van der Waals surface area contributed by atoms with Gasteiger partial charge in [-0.25, -0.2) is 9.18 Å². The number of aromatic nitrogens is 1. The number of rotatable bonds is 7. The third-order valence-electron chi connectivity index (χ3n) is 5.19. The van der Waals surface area contributed by atoms with Gasteiger partial charge in [-0.3, -0.25) is 14.3 Å². The molecule has 11 heteroatoms. The lowest BCUT2D eigenvalue weighted by atomic mass is 9.98. The van der Waals surface area contributed by atoms with Crippen molar-refractivity contribution in [2.24, 2.45) is 0 Å². The zero-order valence-electron chi connectivity index (χ0n) is 16.5. The molecule has 0 unspecified atom stereocenters. The fourth-order valence-corrected chi connectivity index (χ4v) is 3.90. The second-order valence-electron chi connectivity index (χ2n) is 7.15. The maximum Gasteiger partial charge on any atom is 0.414 e. The van der Waals surface area contributed by atoms with Crippen molar-refractivity contribution in [3.8, 4) is 0 Å². The van der Waals surface area contributed by atoms with E-state index in [1.807, 2.05) is 0 Å². The Balaban J connectivity index is 1.40. The van der Waals surface area contributed by atoms with E-state index >= 15 is 0 Å². The molecule has 4 rings (SSSR count). The molecule has 1 saturated heterocycles. The van der Waals surface area contributed by atoms with Crippen molar-refractivity contribution in [3.63, 3.8) is 0 Å². The Kier molecular flexibility index (Phi) is 6.27. The third-order valence-corrected chi connectivity index (χ3v) is 5.59. The number of hydrogen-bond acceptors (Lipinski definition) is 7. The summed E-state index contributed by atoms with van der Waals surface area (Å²) in [4.78, 5) is 27.0. The summed E-state index contributed by atoms with van der Waals surface area (Å²) >= 11 is 0. The molecule has 3 heterocycles. The average molecular weight is 446 g/mol. The monoisotopic (exact) mass is 446 g/mol. The molecule has 2 aliphatic rings. The van der Waals surface area contributed by atoms with Crippen LogP contribution >= 0.6 is 8.46 Å². The number of amides is 2. The molecular weight excluding hydrogens is 426 g/mol. The Labute approximate surface area is 179 Å². The molecule has 0 aliphatic carbocycles. The molecule has 0 saturated carbocycles. The minimum atomic E-state index is -0.539. The molecule has 9 nitrogen and oxygen atoms in total. The van der Waals surface area contributed by atoms with Crippen LogP contribution in [0.5, 0.6) is 0 Å². The number of benzene rings is 1. The fraction of sp³-hybridized carbons (Fsp3) is 0.350. The zero-order valence-corrected chi connectivity index (χ0v) is 17.4. The SMILES string of the molecule is O=PCC(=O)N1CC=C(c2ccc(N3C[C@H](CNc4ccon4)OC3=O)cc2F)CC1. The third kappa shape index (κ3) is 4.74. The molecule has 31 heavy (non-hydrogen) atoms. The lowest BCUT2D eigenvalue weighted by Gasteiger charge is -2.26. The summed E-state index contributed by atoms with van der Waals surface area (Å²) in [6.07, 6.45) is 2.74. The summed E-state index contributed by atoms with van der Waals surface area (Å²) in [5, 5.41) is 6.74. The predicted octanol–water partition coefficient (Wildman–Crippen LogP) is 3.16. The molecule has 1 fully saturated rings. The summed E-state index contributed by atoms with van der Waals surface area (Å²) in [6.45, 7) is 1.42. The van der Waals surface area contributed by atoms with E-state index in [2.05, 4.69) is 10.5 Å². The molecule has 1 aromatic heterocycles. The van der Waals surface area contributed by atoms with Gasteiger partial charge in [-0.05, 0) is 30.2 Å². The minimum Gasteiger partial charge on any atom is -0.442 e. The van der Waals surface area contributed by atoms with Crippen LogP contribution in [-0.4, -0.2) is 60.5 Å². The highest BCUT2D eigenvalue weighted by Crippen LogP contribution is 2.30. The Bertz CT molecular complexity index is 1010. The maximum atomic E-state index is 14.8. The first-order valence-electron chi connectivity index (χ1n) is 9.73. The number of nitrogens with one attached hydrogen (secondary N) is 1. The van der Waals surface area contributed by atoms with Gasteiger partial charge in [0.25, 0.3) is 0 Å². The Morgan fingerprint density at radius 1 is 1.35 bits per heavy atom. The van der Waals surface area contributed by atoms with Crippen molar-refractivity contribution >= 4 is 37.5 Å². The maximum absolute atomic E-state index is 14.8. The van der Waals surface area contributed by atoms with Crippen molar-refractivity contribution < 1.29 is 27.8 Å². The number of cyclic esters (lactones) is 1. The van der Waals surface area contributed by atoms with Gasteiger partial charge in [-0.1, -0.05) is 11.2 Å². The zero-order chi connectivity index (χ0) is 21.8. The first-order chi connectivity index (χ1) is 15.0. The summed E-state index contributed by atoms with van der Waals surface area (Å²) < 4.78 is 35.5. The van der Waals surface area contributed by atoms with E-state index in [0.29, 0.717) is 43.1 Å². The highest BCUT2D eigenvalue weighted by Gasteiger charge is 2.33. The van der Waals surface area contributed by atoms with Crippen LogP contribution in [0.15, 0.2) is 41.1 Å². The number of ether oxygens (including phenoxy) is 1. The van der Waals surface area contributed by atoms with Gasteiger partial charge in [0.2, 0.25) is 5.91 Å². The quantitative estimate of drug-likeness (QED) is 0.652. The first-order valence-corrected chi connectivity index (χ1v) is 10.7. The predicted molar refractivity (Wildman–Crippen MR) is 111 cm³/mol. The molecular formula is C20H20FN4O5P. The van der Waals surface area contributed by atoms with Crippen molar-refractivity contribution in [2.75, 3.05) is 42.6 Å². The molecule has 1 aromatic carbocycles. The van der Waals surface area contributed by atoms with Gasteiger partial charge in [-0.2, -0.15) is 0 Å². The highest BCUT2D eigenvalue weighted by molar-refractivity contribution is 7.25. The summed E-state index contributed by atoms with van der Waals surface area (Å²) in [7, 11) is -0.207. The molecule has 0 spiro atoms. The molecule has 0 radical (unpaired) electrons. The largest absolute Gasteiger partial charge is 0.442 e. The molecule has 0 bridgehead atoms. The molecule has 2 amide bonds. The molecule has 2 aromatic rings.